The molecular weight excluding hydrogens is 278 g/mol. The van der Waals surface area contributed by atoms with Crippen LogP contribution in [0.25, 0.3) is 0 Å². The van der Waals surface area contributed by atoms with E-state index < -0.39 is 17.9 Å². The number of carbonyl (C=O) groups excluding carboxylic acids is 2. The van der Waals surface area contributed by atoms with Crippen LogP contribution < -0.4 is 91.2 Å². The second kappa shape index (κ2) is 26.2. The Balaban J connectivity index is -0.0000000489. The molecule has 92 valence electrons. The summed E-state index contributed by atoms with van der Waals surface area (Å²) in [5.74, 6) is -3.08. The van der Waals surface area contributed by atoms with Crippen molar-refractivity contribution in [3.8, 4) is 0 Å². The second-order valence-electron chi connectivity index (χ2n) is 2.21. The van der Waals surface area contributed by atoms with Gasteiger partial charge in [-0.05, 0) is 19.9 Å². The summed E-state index contributed by atoms with van der Waals surface area (Å²) in [7, 11) is 0. The van der Waals surface area contributed by atoms with E-state index in [1.54, 1.807) is 19.1 Å². The molecule has 0 saturated carbocycles. The maximum atomic E-state index is 9.64. The molecule has 0 spiro atoms. The van der Waals surface area contributed by atoms with Gasteiger partial charge in [-0.3, -0.25) is 4.79 Å². The van der Waals surface area contributed by atoms with Gasteiger partial charge in [-0.15, -0.1) is 0 Å². The second-order valence-corrected chi connectivity index (χ2v) is 2.21. The van der Waals surface area contributed by atoms with Gasteiger partial charge in [0.05, 0.1) is 5.97 Å². The Morgan fingerprint density at radius 2 is 1.33 bits per heavy atom. The van der Waals surface area contributed by atoms with Crippen LogP contribution in [0.3, 0.4) is 0 Å². The van der Waals surface area contributed by atoms with Crippen LogP contribution >= 0.6 is 0 Å². The summed E-state index contributed by atoms with van der Waals surface area (Å²) in [6.45, 7) is 3.86. The Bertz CT molecular complexity index is 256. The minimum absolute atomic E-state index is 0. The van der Waals surface area contributed by atoms with E-state index in [0.29, 0.717) is 0 Å². The fraction of sp³-hybridized carbons (Fsp3) is 0.300. The molecule has 0 bridgehead atoms. The first-order chi connectivity index (χ1) is 7.23. The van der Waals surface area contributed by atoms with E-state index in [4.69, 9.17) is 19.8 Å². The largest absolute Gasteiger partial charge is 1.00 e. The zero-order valence-electron chi connectivity index (χ0n) is 11.3. The van der Waals surface area contributed by atoms with Crippen molar-refractivity contribution in [2.75, 3.05) is 0 Å². The molecule has 0 rings (SSSR count). The minimum atomic E-state index is -1.16. The van der Waals surface area contributed by atoms with E-state index in [1.807, 2.05) is 0 Å². The van der Waals surface area contributed by atoms with Gasteiger partial charge in [0.1, 0.15) is 0 Å². The first kappa shape index (κ1) is 31.1. The SMILES string of the molecule is CC(=O)O.CC(=O)[O-].CC=CC=CC(=O)[O-].[K+].[Na+]. The average molecular weight is 292 g/mol. The van der Waals surface area contributed by atoms with Gasteiger partial charge < -0.3 is 24.9 Å². The average Bonchev–Trinajstić information content (AvgIpc) is 2.01. The van der Waals surface area contributed by atoms with Gasteiger partial charge in [-0.1, -0.05) is 18.2 Å². The molecule has 8 heteroatoms. The van der Waals surface area contributed by atoms with Crippen molar-refractivity contribution < 1.29 is 111 Å². The first-order valence-corrected chi connectivity index (χ1v) is 4.11. The molecule has 0 radical (unpaired) electrons. The number of allylic oxidation sites excluding steroid dienone is 3. The molecule has 0 heterocycles. The molecule has 0 atom stereocenters. The monoisotopic (exact) mass is 292 g/mol. The molecule has 0 aromatic carbocycles. The molecule has 0 aliphatic carbocycles. The van der Waals surface area contributed by atoms with Gasteiger partial charge in [0.25, 0.3) is 5.97 Å². The van der Waals surface area contributed by atoms with E-state index in [1.165, 1.54) is 6.08 Å². The van der Waals surface area contributed by atoms with Crippen LogP contribution in [-0.4, -0.2) is 23.0 Å². The summed E-state index contributed by atoms with van der Waals surface area (Å²) < 4.78 is 0. The molecule has 6 nitrogen and oxygen atoms in total. The Morgan fingerprint density at radius 1 is 1.06 bits per heavy atom. The molecular formula is C10H14KNaO6. The van der Waals surface area contributed by atoms with Crippen molar-refractivity contribution in [2.45, 2.75) is 20.8 Å². The predicted octanol–water partition coefficient (Wildman–Crippen LogP) is -7.28. The number of carbonyl (C=O) groups is 3. The third-order valence-corrected chi connectivity index (χ3v) is 0.536. The fourth-order valence-electron chi connectivity index (χ4n) is 0.245. The van der Waals surface area contributed by atoms with Crippen LogP contribution in [0.2, 0.25) is 0 Å². The van der Waals surface area contributed by atoms with E-state index in [9.17, 15) is 9.90 Å². The molecule has 0 saturated heterocycles. The number of rotatable bonds is 2. The molecule has 0 aliphatic heterocycles. The number of carboxylic acids is 3. The normalized spacial score (nSPS) is 7.72. The van der Waals surface area contributed by atoms with Crippen LogP contribution in [0, 0.1) is 0 Å². The molecule has 18 heavy (non-hydrogen) atoms. The van der Waals surface area contributed by atoms with E-state index in [0.717, 1.165) is 19.9 Å². The first-order valence-electron chi connectivity index (χ1n) is 4.11. The molecule has 0 unspecified atom stereocenters. The van der Waals surface area contributed by atoms with Gasteiger partial charge in [0, 0.05) is 12.9 Å². The molecule has 0 aliphatic rings. The smallest absolute Gasteiger partial charge is 0.550 e. The predicted molar refractivity (Wildman–Crippen MR) is 53.0 cm³/mol. The minimum Gasteiger partial charge on any atom is -0.550 e. The number of carboxylic acid groups (broad SMARTS) is 3. The molecule has 0 fully saturated rings. The quantitative estimate of drug-likeness (QED) is 0.307. The summed E-state index contributed by atoms with van der Waals surface area (Å²) in [5.41, 5.74) is 0. The molecule has 0 amide bonds. The molecule has 1 N–H and O–H groups in total. The Morgan fingerprint density at radius 3 is 1.50 bits per heavy atom. The molecule has 0 aromatic rings. The topological polar surface area (TPSA) is 118 Å². The van der Waals surface area contributed by atoms with Gasteiger partial charge >= 0.3 is 80.9 Å². The zero-order valence-corrected chi connectivity index (χ0v) is 16.4. The maximum Gasteiger partial charge on any atom is 1.00 e. The van der Waals surface area contributed by atoms with Crippen LogP contribution in [0.1, 0.15) is 20.8 Å². The molecule has 0 aromatic heterocycles. The zero-order chi connectivity index (χ0) is 13.6. The van der Waals surface area contributed by atoms with E-state index >= 15 is 0 Å². The summed E-state index contributed by atoms with van der Waals surface area (Å²) in [6.07, 6.45) is 5.74. The van der Waals surface area contributed by atoms with Gasteiger partial charge in [-0.25, -0.2) is 0 Å². The van der Waals surface area contributed by atoms with Crippen LogP contribution in [0.4, 0.5) is 0 Å². The van der Waals surface area contributed by atoms with E-state index in [2.05, 4.69) is 0 Å². The Hall–Kier alpha value is 0.526. The van der Waals surface area contributed by atoms with Crippen molar-refractivity contribution in [2.24, 2.45) is 0 Å². The standard InChI is InChI=1S/C6H8O2.2C2H4O2.K.Na/c1-2-3-4-5-6(7)8;2*1-2(3)4;;/h2-5H,1H3,(H,7,8);2*1H3,(H,3,4);;/q;;;2*+1/p-2. The van der Waals surface area contributed by atoms with Crippen LogP contribution in [0.5, 0.6) is 0 Å². The Labute approximate surface area is 171 Å². The summed E-state index contributed by atoms with van der Waals surface area (Å²) in [4.78, 5) is 27.5. The van der Waals surface area contributed by atoms with Gasteiger partial charge in [-0.2, -0.15) is 0 Å². The van der Waals surface area contributed by atoms with Crippen molar-refractivity contribution in [3.63, 3.8) is 0 Å². The van der Waals surface area contributed by atoms with Crippen molar-refractivity contribution >= 4 is 17.9 Å². The third kappa shape index (κ3) is 130. The third-order valence-electron chi connectivity index (χ3n) is 0.536. The summed E-state index contributed by atoms with van der Waals surface area (Å²) in [6, 6.07) is 0. The van der Waals surface area contributed by atoms with E-state index in [-0.39, 0.29) is 80.9 Å². The van der Waals surface area contributed by atoms with Crippen molar-refractivity contribution in [1.82, 2.24) is 0 Å². The summed E-state index contributed by atoms with van der Waals surface area (Å²) >= 11 is 0. The maximum absolute atomic E-state index is 9.64. The number of hydrogen-bond donors (Lipinski definition) is 1. The van der Waals surface area contributed by atoms with Crippen molar-refractivity contribution in [3.05, 3.63) is 24.3 Å². The van der Waals surface area contributed by atoms with Gasteiger partial charge in [0.15, 0.2) is 0 Å². The Kier molecular flexibility index (Phi) is 45.2. The summed E-state index contributed by atoms with van der Waals surface area (Å²) in [5, 5.41) is 25.9. The van der Waals surface area contributed by atoms with Crippen LogP contribution in [0.15, 0.2) is 24.3 Å². The number of aliphatic carboxylic acids is 3. The van der Waals surface area contributed by atoms with Gasteiger partial charge in [0.2, 0.25) is 0 Å². The fourth-order valence-corrected chi connectivity index (χ4v) is 0.245. The van der Waals surface area contributed by atoms with Crippen molar-refractivity contribution in [1.29, 1.82) is 0 Å². The number of hydrogen-bond acceptors (Lipinski definition) is 5. The van der Waals surface area contributed by atoms with Crippen LogP contribution in [-0.2, 0) is 14.4 Å².